The van der Waals surface area contributed by atoms with Crippen molar-refractivity contribution in [2.75, 3.05) is 45.8 Å². The van der Waals surface area contributed by atoms with Crippen molar-refractivity contribution in [1.29, 1.82) is 0 Å². The van der Waals surface area contributed by atoms with Crippen LogP contribution in [0.15, 0.2) is 0 Å². The van der Waals surface area contributed by atoms with Crippen molar-refractivity contribution in [3.8, 4) is 0 Å². The zero-order valence-electron chi connectivity index (χ0n) is 12.3. The molecule has 0 aromatic heterocycles. The molecule has 114 valence electrons. The third kappa shape index (κ3) is 3.15. The molecule has 3 rings (SSSR count). The van der Waals surface area contributed by atoms with E-state index in [0.29, 0.717) is 0 Å². The van der Waals surface area contributed by atoms with Crippen LogP contribution in [0.2, 0.25) is 0 Å². The molecule has 3 aliphatic heterocycles. The van der Waals surface area contributed by atoms with Gasteiger partial charge in [-0.2, -0.15) is 0 Å². The number of aliphatic carboxylic acids is 1. The van der Waals surface area contributed by atoms with Gasteiger partial charge in [-0.1, -0.05) is 6.42 Å². The fourth-order valence-corrected chi connectivity index (χ4v) is 4.32. The minimum atomic E-state index is -0.697. The Labute approximate surface area is 121 Å². The highest BCUT2D eigenvalue weighted by atomic mass is 16.4. The average molecular weight is 281 g/mol. The minimum Gasteiger partial charge on any atom is -0.480 e. The molecule has 2 unspecified atom stereocenters. The van der Waals surface area contributed by atoms with Crippen LogP contribution in [-0.4, -0.2) is 83.7 Å². The fraction of sp³-hybridized carbons (Fsp3) is 0.933. The zero-order chi connectivity index (χ0) is 13.9. The topological polar surface area (TPSA) is 47.0 Å². The predicted octanol–water partition coefficient (Wildman–Crippen LogP) is 0.706. The summed E-state index contributed by atoms with van der Waals surface area (Å²) in [6.45, 7) is 6.80. The van der Waals surface area contributed by atoms with Crippen LogP contribution in [0.5, 0.6) is 0 Å². The molecule has 3 aliphatic rings. The summed E-state index contributed by atoms with van der Waals surface area (Å²) in [4.78, 5) is 18.3. The Morgan fingerprint density at radius 3 is 2.45 bits per heavy atom. The van der Waals surface area contributed by atoms with Crippen LogP contribution in [0.1, 0.15) is 32.1 Å². The molecule has 20 heavy (non-hydrogen) atoms. The van der Waals surface area contributed by atoms with E-state index in [1.807, 2.05) is 0 Å². The summed E-state index contributed by atoms with van der Waals surface area (Å²) < 4.78 is 0. The third-order valence-corrected chi connectivity index (χ3v) is 5.27. The summed E-state index contributed by atoms with van der Waals surface area (Å²) in [6.07, 6.45) is 6.53. The van der Waals surface area contributed by atoms with E-state index >= 15 is 0 Å². The lowest BCUT2D eigenvalue weighted by molar-refractivity contribution is -0.138. The maximum Gasteiger partial charge on any atom is 0.317 e. The molecule has 5 nitrogen and oxygen atoms in total. The average Bonchev–Trinajstić information content (AvgIpc) is 2.73. The Morgan fingerprint density at radius 2 is 1.60 bits per heavy atom. The maximum absolute atomic E-state index is 10.8. The van der Waals surface area contributed by atoms with Gasteiger partial charge < -0.3 is 5.11 Å². The Bertz CT molecular complexity index is 350. The van der Waals surface area contributed by atoms with Gasteiger partial charge in [-0.3, -0.25) is 19.5 Å². The molecular weight excluding hydrogens is 254 g/mol. The van der Waals surface area contributed by atoms with Gasteiger partial charge in [0.1, 0.15) is 0 Å². The van der Waals surface area contributed by atoms with Crippen molar-refractivity contribution in [2.24, 2.45) is 0 Å². The van der Waals surface area contributed by atoms with Crippen molar-refractivity contribution in [3.05, 3.63) is 0 Å². The van der Waals surface area contributed by atoms with E-state index < -0.39 is 5.97 Å². The molecule has 0 amide bonds. The highest BCUT2D eigenvalue weighted by molar-refractivity contribution is 5.69. The van der Waals surface area contributed by atoms with Gasteiger partial charge in [-0.05, 0) is 38.8 Å². The summed E-state index contributed by atoms with van der Waals surface area (Å²) >= 11 is 0. The fourth-order valence-electron chi connectivity index (χ4n) is 4.32. The van der Waals surface area contributed by atoms with Crippen LogP contribution in [0.4, 0.5) is 0 Å². The van der Waals surface area contributed by atoms with Gasteiger partial charge in [0.2, 0.25) is 0 Å². The normalized spacial score (nSPS) is 33.8. The minimum absolute atomic E-state index is 0.202. The standard InChI is InChI=1S/C15H27N3O2/c19-15(20)12-16-6-3-8-18(11-10-16)14-5-9-17-7-2-1-4-13(14)17/h13-14H,1-12H2,(H,19,20). The highest BCUT2D eigenvalue weighted by Crippen LogP contribution is 2.30. The highest BCUT2D eigenvalue weighted by Gasteiger charge is 2.38. The Morgan fingerprint density at radius 1 is 0.850 bits per heavy atom. The molecule has 3 saturated heterocycles. The van der Waals surface area contributed by atoms with E-state index in [2.05, 4.69) is 14.7 Å². The van der Waals surface area contributed by atoms with Gasteiger partial charge in [0.05, 0.1) is 6.54 Å². The van der Waals surface area contributed by atoms with Crippen molar-refractivity contribution < 1.29 is 9.90 Å². The summed E-state index contributed by atoms with van der Waals surface area (Å²) in [5.41, 5.74) is 0. The van der Waals surface area contributed by atoms with Crippen molar-refractivity contribution in [3.63, 3.8) is 0 Å². The van der Waals surface area contributed by atoms with Crippen molar-refractivity contribution >= 4 is 5.97 Å². The van der Waals surface area contributed by atoms with E-state index in [4.69, 9.17) is 5.11 Å². The summed E-state index contributed by atoms with van der Waals surface area (Å²) in [5.74, 6) is -0.697. The molecule has 0 bridgehead atoms. The SMILES string of the molecule is O=C(O)CN1CCCN(C2CCN3CCCCC23)CC1. The lowest BCUT2D eigenvalue weighted by atomic mass is 9.98. The first-order chi connectivity index (χ1) is 9.74. The molecule has 0 aromatic rings. The van der Waals surface area contributed by atoms with Gasteiger partial charge in [-0.25, -0.2) is 0 Å². The van der Waals surface area contributed by atoms with Crippen LogP contribution in [0.25, 0.3) is 0 Å². The second kappa shape index (κ2) is 6.41. The smallest absolute Gasteiger partial charge is 0.317 e. The van der Waals surface area contributed by atoms with E-state index in [1.165, 1.54) is 38.8 Å². The quantitative estimate of drug-likeness (QED) is 0.825. The molecule has 5 heteroatoms. The number of hydrogen-bond donors (Lipinski definition) is 1. The number of carbonyl (C=O) groups is 1. The van der Waals surface area contributed by atoms with Gasteiger partial charge in [0.15, 0.2) is 0 Å². The lowest BCUT2D eigenvalue weighted by Crippen LogP contribution is -2.48. The molecule has 2 atom stereocenters. The van der Waals surface area contributed by atoms with Gasteiger partial charge in [0.25, 0.3) is 0 Å². The monoisotopic (exact) mass is 281 g/mol. The van der Waals surface area contributed by atoms with E-state index in [0.717, 1.165) is 44.7 Å². The summed E-state index contributed by atoms with van der Waals surface area (Å²) in [7, 11) is 0. The van der Waals surface area contributed by atoms with Gasteiger partial charge in [-0.15, -0.1) is 0 Å². The third-order valence-electron chi connectivity index (χ3n) is 5.27. The first-order valence-electron chi connectivity index (χ1n) is 8.16. The molecule has 0 aromatic carbocycles. The molecule has 3 fully saturated rings. The van der Waals surface area contributed by atoms with Crippen LogP contribution in [0.3, 0.4) is 0 Å². The second-order valence-corrected chi connectivity index (χ2v) is 6.51. The predicted molar refractivity (Wildman–Crippen MR) is 77.9 cm³/mol. The number of carboxylic acids is 1. The Kier molecular flexibility index (Phi) is 4.58. The van der Waals surface area contributed by atoms with Crippen molar-refractivity contribution in [1.82, 2.24) is 14.7 Å². The second-order valence-electron chi connectivity index (χ2n) is 6.51. The van der Waals surface area contributed by atoms with Crippen LogP contribution < -0.4 is 0 Å². The molecule has 0 saturated carbocycles. The molecule has 3 heterocycles. The van der Waals surface area contributed by atoms with Crippen molar-refractivity contribution in [2.45, 2.75) is 44.2 Å². The Hall–Kier alpha value is -0.650. The van der Waals surface area contributed by atoms with Crippen LogP contribution >= 0.6 is 0 Å². The molecule has 0 spiro atoms. The van der Waals surface area contributed by atoms with Gasteiger partial charge in [0, 0.05) is 38.3 Å². The molecular formula is C15H27N3O2. The largest absolute Gasteiger partial charge is 0.480 e. The van der Waals surface area contributed by atoms with E-state index in [1.54, 1.807) is 0 Å². The number of piperidine rings is 1. The maximum atomic E-state index is 10.8. The summed E-state index contributed by atoms with van der Waals surface area (Å²) in [6, 6.07) is 1.50. The van der Waals surface area contributed by atoms with Crippen LogP contribution in [0, 0.1) is 0 Å². The summed E-state index contributed by atoms with van der Waals surface area (Å²) in [5, 5.41) is 8.93. The molecule has 1 N–H and O–H groups in total. The number of rotatable bonds is 3. The van der Waals surface area contributed by atoms with Crippen LogP contribution in [-0.2, 0) is 4.79 Å². The number of hydrogen-bond acceptors (Lipinski definition) is 4. The molecule has 0 aliphatic carbocycles. The first-order valence-corrected chi connectivity index (χ1v) is 8.16. The van der Waals surface area contributed by atoms with E-state index in [9.17, 15) is 4.79 Å². The first kappa shape index (κ1) is 14.3. The number of carboxylic acid groups (broad SMARTS) is 1. The van der Waals surface area contributed by atoms with E-state index in [-0.39, 0.29) is 6.54 Å². The Balaban J connectivity index is 1.56. The lowest BCUT2D eigenvalue weighted by Gasteiger charge is -2.37. The van der Waals surface area contributed by atoms with Gasteiger partial charge >= 0.3 is 5.97 Å². The molecule has 0 radical (unpaired) electrons. The number of nitrogens with zero attached hydrogens (tertiary/aromatic N) is 3. The zero-order valence-corrected chi connectivity index (χ0v) is 12.3. The number of fused-ring (bicyclic) bond motifs is 1.